The average molecular weight is 308 g/mol. The first-order valence-electron chi connectivity index (χ1n) is 7.30. The van der Waals surface area contributed by atoms with Gasteiger partial charge in [0.15, 0.2) is 0 Å². The number of rotatable bonds is 5. The summed E-state index contributed by atoms with van der Waals surface area (Å²) < 4.78 is 35.8. The summed E-state index contributed by atoms with van der Waals surface area (Å²) in [6.45, 7) is 1.16. The summed E-state index contributed by atoms with van der Waals surface area (Å²) in [6, 6.07) is 0. The molecule has 21 heavy (non-hydrogen) atoms. The molecule has 0 heterocycles. The molecular weight excluding hydrogens is 285 g/mol. The fourth-order valence-corrected chi connectivity index (χ4v) is 2.54. The molecule has 0 aliphatic heterocycles. The van der Waals surface area contributed by atoms with Gasteiger partial charge in [-0.1, -0.05) is 32.6 Å². The van der Waals surface area contributed by atoms with E-state index in [4.69, 9.17) is 0 Å². The van der Waals surface area contributed by atoms with Gasteiger partial charge in [-0.25, -0.2) is 0 Å². The van der Waals surface area contributed by atoms with Crippen molar-refractivity contribution in [2.24, 2.45) is 5.41 Å². The summed E-state index contributed by atoms with van der Waals surface area (Å²) in [6.07, 6.45) is 1.66. The van der Waals surface area contributed by atoms with E-state index in [2.05, 4.69) is 12.2 Å². The van der Waals surface area contributed by atoms with Crippen molar-refractivity contribution in [1.29, 1.82) is 0 Å². The predicted octanol–water partition coefficient (Wildman–Crippen LogP) is 2.53. The Balaban J connectivity index is 2.28. The standard InChI is InChI=1S/C14H23F3N2O2/c1-13(6-4-2-3-5-7-13)9-18-11(20)8-12(21)19-10-14(15,16)17/h2-10H2,1H3,(H,18,20)(H,19,21). The minimum Gasteiger partial charge on any atom is -0.355 e. The third kappa shape index (κ3) is 7.92. The number of amides is 2. The van der Waals surface area contributed by atoms with Crippen molar-refractivity contribution in [2.45, 2.75) is 58.0 Å². The summed E-state index contributed by atoms with van der Waals surface area (Å²) >= 11 is 0. The molecule has 1 aliphatic carbocycles. The molecule has 2 N–H and O–H groups in total. The van der Waals surface area contributed by atoms with Gasteiger partial charge in [0.2, 0.25) is 11.8 Å². The maximum Gasteiger partial charge on any atom is 0.405 e. The fourth-order valence-electron chi connectivity index (χ4n) is 2.54. The maximum atomic E-state index is 11.9. The number of nitrogens with one attached hydrogen (secondary N) is 2. The number of hydrogen-bond acceptors (Lipinski definition) is 2. The van der Waals surface area contributed by atoms with Gasteiger partial charge in [-0.15, -0.1) is 0 Å². The van der Waals surface area contributed by atoms with Crippen LogP contribution in [0.25, 0.3) is 0 Å². The number of hydrogen-bond donors (Lipinski definition) is 2. The van der Waals surface area contributed by atoms with Gasteiger partial charge in [-0.2, -0.15) is 13.2 Å². The van der Waals surface area contributed by atoms with Gasteiger partial charge in [-0.3, -0.25) is 9.59 Å². The van der Waals surface area contributed by atoms with E-state index in [0.29, 0.717) is 6.54 Å². The van der Waals surface area contributed by atoms with Gasteiger partial charge in [0.1, 0.15) is 13.0 Å². The van der Waals surface area contributed by atoms with Crippen LogP contribution in [-0.2, 0) is 9.59 Å². The lowest BCUT2D eigenvalue weighted by atomic mass is 9.82. The molecule has 1 saturated carbocycles. The second-order valence-electron chi connectivity index (χ2n) is 6.07. The van der Waals surface area contributed by atoms with E-state index in [1.54, 1.807) is 5.32 Å². The van der Waals surface area contributed by atoms with Crippen molar-refractivity contribution in [3.8, 4) is 0 Å². The Morgan fingerprint density at radius 1 is 1.00 bits per heavy atom. The van der Waals surface area contributed by atoms with Gasteiger partial charge in [0, 0.05) is 6.54 Å². The third-order valence-electron chi connectivity index (χ3n) is 3.83. The van der Waals surface area contributed by atoms with E-state index in [9.17, 15) is 22.8 Å². The van der Waals surface area contributed by atoms with E-state index in [1.165, 1.54) is 12.8 Å². The molecule has 122 valence electrons. The molecule has 0 aromatic heterocycles. The Morgan fingerprint density at radius 2 is 1.52 bits per heavy atom. The number of alkyl halides is 3. The largest absolute Gasteiger partial charge is 0.405 e. The first-order chi connectivity index (χ1) is 9.70. The van der Waals surface area contributed by atoms with Crippen LogP contribution in [0.4, 0.5) is 13.2 Å². The summed E-state index contributed by atoms with van der Waals surface area (Å²) in [5.74, 6) is -1.43. The highest BCUT2D eigenvalue weighted by Crippen LogP contribution is 2.33. The van der Waals surface area contributed by atoms with Crippen LogP contribution in [-0.4, -0.2) is 31.1 Å². The molecule has 0 saturated heterocycles. The third-order valence-corrected chi connectivity index (χ3v) is 3.83. The van der Waals surface area contributed by atoms with Crippen LogP contribution >= 0.6 is 0 Å². The minimum atomic E-state index is -4.46. The Bertz CT molecular complexity index is 362. The lowest BCUT2D eigenvalue weighted by molar-refractivity contribution is -0.140. The molecule has 1 rings (SSSR count). The summed E-state index contributed by atoms with van der Waals surface area (Å²) in [5, 5.41) is 4.35. The van der Waals surface area contributed by atoms with E-state index >= 15 is 0 Å². The Labute approximate surface area is 122 Å². The van der Waals surface area contributed by atoms with Crippen LogP contribution in [0.3, 0.4) is 0 Å². The van der Waals surface area contributed by atoms with Crippen molar-refractivity contribution in [1.82, 2.24) is 10.6 Å². The van der Waals surface area contributed by atoms with Crippen LogP contribution in [0.1, 0.15) is 51.9 Å². The first kappa shape index (κ1) is 17.8. The van der Waals surface area contributed by atoms with Crippen LogP contribution < -0.4 is 10.6 Å². The molecule has 2 amide bonds. The highest BCUT2D eigenvalue weighted by Gasteiger charge is 2.29. The van der Waals surface area contributed by atoms with Gasteiger partial charge in [0.05, 0.1) is 0 Å². The molecule has 0 spiro atoms. The van der Waals surface area contributed by atoms with Gasteiger partial charge >= 0.3 is 6.18 Å². The molecule has 0 atom stereocenters. The highest BCUT2D eigenvalue weighted by atomic mass is 19.4. The minimum absolute atomic E-state index is 0.0224. The molecule has 0 aromatic carbocycles. The SMILES string of the molecule is CC1(CNC(=O)CC(=O)NCC(F)(F)F)CCCCCC1. The molecule has 0 unspecified atom stereocenters. The van der Waals surface area contributed by atoms with E-state index in [0.717, 1.165) is 25.7 Å². The van der Waals surface area contributed by atoms with Gasteiger partial charge in [0.25, 0.3) is 0 Å². The molecule has 7 heteroatoms. The van der Waals surface area contributed by atoms with Crippen LogP contribution in [0, 0.1) is 5.41 Å². The predicted molar refractivity (Wildman–Crippen MR) is 72.5 cm³/mol. The summed E-state index contributed by atoms with van der Waals surface area (Å²) in [4.78, 5) is 22.8. The summed E-state index contributed by atoms with van der Waals surface area (Å²) in [5.41, 5.74) is 0.0224. The zero-order valence-corrected chi connectivity index (χ0v) is 12.3. The molecule has 1 fully saturated rings. The van der Waals surface area contributed by atoms with Crippen molar-refractivity contribution in [3.63, 3.8) is 0 Å². The number of halogens is 3. The number of carbonyl (C=O) groups excluding carboxylic acids is 2. The normalized spacial score (nSPS) is 18.7. The van der Waals surface area contributed by atoms with Crippen LogP contribution in [0.15, 0.2) is 0 Å². The molecule has 0 aromatic rings. The highest BCUT2D eigenvalue weighted by molar-refractivity contribution is 5.96. The molecular formula is C14H23F3N2O2. The molecule has 4 nitrogen and oxygen atoms in total. The van der Waals surface area contributed by atoms with Crippen molar-refractivity contribution < 1.29 is 22.8 Å². The van der Waals surface area contributed by atoms with Gasteiger partial charge in [-0.05, 0) is 18.3 Å². The Morgan fingerprint density at radius 3 is 2.05 bits per heavy atom. The molecule has 0 radical (unpaired) electrons. The van der Waals surface area contributed by atoms with E-state index in [1.807, 2.05) is 0 Å². The van der Waals surface area contributed by atoms with Crippen molar-refractivity contribution in [2.75, 3.05) is 13.1 Å². The Hall–Kier alpha value is -1.27. The monoisotopic (exact) mass is 308 g/mol. The number of carbonyl (C=O) groups is 2. The summed E-state index contributed by atoms with van der Waals surface area (Å²) in [7, 11) is 0. The quantitative estimate of drug-likeness (QED) is 0.606. The lowest BCUT2D eigenvalue weighted by Crippen LogP contribution is -2.40. The Kier molecular flexibility index (Phi) is 6.48. The van der Waals surface area contributed by atoms with Gasteiger partial charge < -0.3 is 10.6 Å². The second-order valence-corrected chi connectivity index (χ2v) is 6.07. The first-order valence-corrected chi connectivity index (χ1v) is 7.30. The van der Waals surface area contributed by atoms with Crippen LogP contribution in [0.5, 0.6) is 0 Å². The van der Waals surface area contributed by atoms with Crippen molar-refractivity contribution >= 4 is 11.8 Å². The zero-order chi connectivity index (χ0) is 15.9. The van der Waals surface area contributed by atoms with Crippen LogP contribution in [0.2, 0.25) is 0 Å². The lowest BCUT2D eigenvalue weighted by Gasteiger charge is -2.28. The topological polar surface area (TPSA) is 58.2 Å². The van der Waals surface area contributed by atoms with E-state index < -0.39 is 31.0 Å². The second kappa shape index (κ2) is 7.66. The van der Waals surface area contributed by atoms with Crippen molar-refractivity contribution in [3.05, 3.63) is 0 Å². The molecule has 0 bridgehead atoms. The maximum absolute atomic E-state index is 11.9. The fraction of sp³-hybridized carbons (Fsp3) is 0.857. The molecule has 1 aliphatic rings. The average Bonchev–Trinajstić information content (AvgIpc) is 2.59. The zero-order valence-electron chi connectivity index (χ0n) is 12.3. The van der Waals surface area contributed by atoms with E-state index in [-0.39, 0.29) is 5.41 Å². The smallest absolute Gasteiger partial charge is 0.355 e.